The molecule has 0 fully saturated rings. The maximum atomic E-state index is 10.6. The number of carbonyl (C=O) groups excluding carboxylic acids is 1. The summed E-state index contributed by atoms with van der Waals surface area (Å²) in [4.78, 5) is 11.6. The van der Waals surface area contributed by atoms with Gasteiger partial charge in [-0.3, -0.25) is 4.79 Å². The fourth-order valence-corrected chi connectivity index (χ4v) is 2.00. The summed E-state index contributed by atoms with van der Waals surface area (Å²) in [5, 5.41) is 1.96. The molecule has 0 bridgehead atoms. The fourth-order valence-electron chi connectivity index (χ4n) is 1.07. The van der Waals surface area contributed by atoms with Crippen molar-refractivity contribution in [3.63, 3.8) is 0 Å². The van der Waals surface area contributed by atoms with Gasteiger partial charge >= 0.3 is 0 Å². The van der Waals surface area contributed by atoms with Crippen molar-refractivity contribution in [1.82, 2.24) is 0 Å². The van der Waals surface area contributed by atoms with Crippen molar-refractivity contribution in [2.75, 3.05) is 0 Å². The minimum atomic E-state index is -0.352. The number of thiophene rings is 1. The molecule has 3 nitrogen and oxygen atoms in total. The van der Waals surface area contributed by atoms with E-state index in [2.05, 4.69) is 0 Å². The van der Waals surface area contributed by atoms with E-state index in [0.29, 0.717) is 0 Å². The van der Waals surface area contributed by atoms with E-state index < -0.39 is 0 Å². The summed E-state index contributed by atoms with van der Waals surface area (Å²) < 4.78 is 0. The zero-order valence-corrected chi connectivity index (χ0v) is 7.73. The predicted molar refractivity (Wildman–Crippen MR) is 49.8 cm³/mol. The van der Waals surface area contributed by atoms with Crippen LogP contribution in [0.4, 0.5) is 0 Å². The van der Waals surface area contributed by atoms with Crippen LogP contribution >= 0.6 is 11.3 Å². The Morgan fingerprint density at radius 3 is 2.83 bits per heavy atom. The molecule has 0 aliphatic rings. The molecule has 1 unspecified atom stereocenters. The molecule has 0 aliphatic heterocycles. The van der Waals surface area contributed by atoms with Crippen molar-refractivity contribution < 1.29 is 4.79 Å². The van der Waals surface area contributed by atoms with E-state index in [0.717, 1.165) is 10.4 Å². The topological polar surface area (TPSA) is 69.1 Å². The Bertz CT molecular complexity index is 282. The van der Waals surface area contributed by atoms with Crippen molar-refractivity contribution >= 4 is 17.2 Å². The van der Waals surface area contributed by atoms with Crippen molar-refractivity contribution in [2.24, 2.45) is 11.5 Å². The highest BCUT2D eigenvalue weighted by atomic mass is 32.1. The predicted octanol–water partition coefficient (Wildman–Crippen LogP) is 0.932. The van der Waals surface area contributed by atoms with Crippen LogP contribution in [0.2, 0.25) is 0 Å². The van der Waals surface area contributed by atoms with Gasteiger partial charge in [0.25, 0.3) is 0 Å². The van der Waals surface area contributed by atoms with E-state index in [1.54, 1.807) is 11.3 Å². The molecule has 66 valence electrons. The summed E-state index contributed by atoms with van der Waals surface area (Å²) in [7, 11) is 0. The number of hydrogen-bond donors (Lipinski definition) is 2. The third-order valence-electron chi connectivity index (χ3n) is 1.66. The molecule has 1 rings (SSSR count). The third-order valence-corrected chi connectivity index (χ3v) is 2.81. The monoisotopic (exact) mass is 184 g/mol. The van der Waals surface area contributed by atoms with Crippen LogP contribution in [0.1, 0.15) is 22.9 Å². The van der Waals surface area contributed by atoms with Crippen molar-refractivity contribution in [2.45, 2.75) is 19.4 Å². The normalized spacial score (nSPS) is 12.8. The molecule has 0 saturated carbocycles. The first-order valence-electron chi connectivity index (χ1n) is 3.69. The van der Waals surface area contributed by atoms with Crippen LogP contribution in [0, 0.1) is 6.92 Å². The van der Waals surface area contributed by atoms with Gasteiger partial charge in [0.1, 0.15) is 0 Å². The molecular formula is C8H12N2OS. The molecule has 12 heavy (non-hydrogen) atoms. The van der Waals surface area contributed by atoms with Crippen LogP contribution in [-0.2, 0) is 4.79 Å². The Kier molecular flexibility index (Phi) is 2.83. The zero-order valence-electron chi connectivity index (χ0n) is 6.91. The van der Waals surface area contributed by atoms with E-state index in [1.165, 1.54) is 0 Å². The maximum absolute atomic E-state index is 10.6. The smallest absolute Gasteiger partial charge is 0.219 e. The second kappa shape index (κ2) is 3.69. The van der Waals surface area contributed by atoms with E-state index in [1.807, 2.05) is 18.4 Å². The summed E-state index contributed by atoms with van der Waals surface area (Å²) >= 11 is 1.57. The van der Waals surface area contributed by atoms with Gasteiger partial charge < -0.3 is 11.5 Å². The Hall–Kier alpha value is -0.870. The van der Waals surface area contributed by atoms with E-state index in [4.69, 9.17) is 11.5 Å². The van der Waals surface area contributed by atoms with E-state index in [-0.39, 0.29) is 18.4 Å². The Morgan fingerprint density at radius 2 is 2.42 bits per heavy atom. The molecule has 0 aliphatic carbocycles. The zero-order chi connectivity index (χ0) is 9.14. The summed E-state index contributed by atoms with van der Waals surface area (Å²) in [5.41, 5.74) is 11.9. The number of primary amides is 1. The van der Waals surface area contributed by atoms with Crippen LogP contribution < -0.4 is 11.5 Å². The lowest BCUT2D eigenvalue weighted by molar-refractivity contribution is -0.118. The van der Waals surface area contributed by atoms with Gasteiger partial charge in [0.05, 0.1) is 0 Å². The molecule has 1 amide bonds. The van der Waals surface area contributed by atoms with Crippen molar-refractivity contribution in [3.8, 4) is 0 Å². The highest BCUT2D eigenvalue weighted by molar-refractivity contribution is 7.10. The SMILES string of the molecule is Cc1ccsc1C(N)CC(N)=O. The Labute approximate surface area is 75.4 Å². The van der Waals surface area contributed by atoms with Gasteiger partial charge in [0.15, 0.2) is 0 Å². The van der Waals surface area contributed by atoms with Gasteiger partial charge in [-0.05, 0) is 23.9 Å². The summed E-state index contributed by atoms with van der Waals surface area (Å²) in [6.07, 6.45) is 0.224. The quantitative estimate of drug-likeness (QED) is 0.733. The molecule has 0 aromatic carbocycles. The number of hydrogen-bond acceptors (Lipinski definition) is 3. The third kappa shape index (κ3) is 2.06. The average molecular weight is 184 g/mol. The average Bonchev–Trinajstić information content (AvgIpc) is 2.33. The number of nitrogens with two attached hydrogens (primary N) is 2. The van der Waals surface area contributed by atoms with Crippen molar-refractivity contribution in [3.05, 3.63) is 21.9 Å². The van der Waals surface area contributed by atoms with Crippen LogP contribution in [0.3, 0.4) is 0 Å². The second-order valence-corrected chi connectivity index (χ2v) is 3.69. The molecule has 0 radical (unpaired) electrons. The van der Waals surface area contributed by atoms with Crippen LogP contribution in [0.15, 0.2) is 11.4 Å². The molecular weight excluding hydrogens is 172 g/mol. The fraction of sp³-hybridized carbons (Fsp3) is 0.375. The van der Waals surface area contributed by atoms with Gasteiger partial charge in [0.2, 0.25) is 5.91 Å². The molecule has 4 heteroatoms. The van der Waals surface area contributed by atoms with Crippen molar-refractivity contribution in [1.29, 1.82) is 0 Å². The van der Waals surface area contributed by atoms with Crippen LogP contribution in [0.25, 0.3) is 0 Å². The lowest BCUT2D eigenvalue weighted by Crippen LogP contribution is -2.20. The van der Waals surface area contributed by atoms with E-state index >= 15 is 0 Å². The first-order valence-corrected chi connectivity index (χ1v) is 4.57. The number of rotatable bonds is 3. The summed E-state index contributed by atoms with van der Waals surface area (Å²) in [6, 6.07) is 1.75. The molecule has 1 atom stereocenters. The lowest BCUT2D eigenvalue weighted by atomic mass is 10.1. The largest absolute Gasteiger partial charge is 0.370 e. The molecule has 1 heterocycles. The highest BCUT2D eigenvalue weighted by Crippen LogP contribution is 2.23. The second-order valence-electron chi connectivity index (χ2n) is 2.74. The Balaban J connectivity index is 2.71. The summed E-state index contributed by atoms with van der Waals surface area (Å²) in [6.45, 7) is 1.98. The standard InChI is InChI=1S/C8H12N2OS/c1-5-2-3-12-8(5)6(9)4-7(10)11/h2-3,6H,4,9H2,1H3,(H2,10,11). The molecule has 4 N–H and O–H groups in total. The van der Waals surface area contributed by atoms with Gasteiger partial charge in [-0.15, -0.1) is 11.3 Å². The molecule has 0 saturated heterocycles. The summed E-state index contributed by atoms with van der Waals surface area (Å²) in [5.74, 6) is -0.352. The molecule has 0 spiro atoms. The lowest BCUT2D eigenvalue weighted by Gasteiger charge is -2.07. The molecule has 1 aromatic heterocycles. The minimum absolute atomic E-state index is 0.224. The van der Waals surface area contributed by atoms with Gasteiger partial charge in [0, 0.05) is 17.3 Å². The van der Waals surface area contributed by atoms with Gasteiger partial charge in [-0.25, -0.2) is 0 Å². The minimum Gasteiger partial charge on any atom is -0.370 e. The van der Waals surface area contributed by atoms with Crippen LogP contribution in [0.5, 0.6) is 0 Å². The van der Waals surface area contributed by atoms with E-state index in [9.17, 15) is 4.79 Å². The number of aryl methyl sites for hydroxylation is 1. The first-order chi connectivity index (χ1) is 5.61. The first kappa shape index (κ1) is 9.22. The Morgan fingerprint density at radius 1 is 1.75 bits per heavy atom. The number of carbonyl (C=O) groups is 1. The van der Waals surface area contributed by atoms with Gasteiger partial charge in [-0.2, -0.15) is 0 Å². The van der Waals surface area contributed by atoms with Gasteiger partial charge in [-0.1, -0.05) is 0 Å². The van der Waals surface area contributed by atoms with Crippen LogP contribution in [-0.4, -0.2) is 5.91 Å². The number of amides is 1. The maximum Gasteiger partial charge on any atom is 0.219 e. The molecule has 1 aromatic rings. The highest BCUT2D eigenvalue weighted by Gasteiger charge is 2.12.